The number of alkyl halides is 3. The average Bonchev–Trinajstić information content (AvgIpc) is 3.12. The number of halogens is 4. The molecule has 0 aliphatic carbocycles. The fraction of sp³-hybridized carbons (Fsp3) is 0.500. The van der Waals surface area contributed by atoms with Crippen LogP contribution in [0.3, 0.4) is 0 Å². The second-order valence-corrected chi connectivity index (χ2v) is 6.43. The zero-order valence-electron chi connectivity index (χ0n) is 13.5. The van der Waals surface area contributed by atoms with Gasteiger partial charge < -0.3 is 20.1 Å². The molecule has 0 radical (unpaired) electrons. The van der Waals surface area contributed by atoms with Crippen LogP contribution in [0, 0.1) is 5.92 Å². The summed E-state index contributed by atoms with van der Waals surface area (Å²) in [4.78, 5) is 8.13. The molecule has 2 aliphatic heterocycles. The summed E-state index contributed by atoms with van der Waals surface area (Å²) in [5, 5.41) is 9.52. The Balaban J connectivity index is 1.83. The van der Waals surface area contributed by atoms with Gasteiger partial charge in [0, 0.05) is 13.0 Å². The highest BCUT2D eigenvalue weighted by molar-refractivity contribution is 6.32. The van der Waals surface area contributed by atoms with Crippen LogP contribution in [-0.4, -0.2) is 45.6 Å². The summed E-state index contributed by atoms with van der Waals surface area (Å²) in [6.07, 6.45) is -3.36. The SMILES string of the molecule is Cn1nc(C(F)(F)F)c2c1OC[C@@H]1COC[C@H]1Nc1nc(ncc1Cl)N2. The Kier molecular flexibility index (Phi) is 4.07. The third-order valence-corrected chi connectivity index (χ3v) is 4.48. The lowest BCUT2D eigenvalue weighted by Crippen LogP contribution is -2.32. The molecule has 8 nitrogen and oxygen atoms in total. The highest BCUT2D eigenvalue weighted by Crippen LogP contribution is 2.41. The summed E-state index contributed by atoms with van der Waals surface area (Å²) in [6, 6.07) is -0.146. The number of ether oxygens (including phenoxy) is 2. The second-order valence-electron chi connectivity index (χ2n) is 6.02. The smallest absolute Gasteiger partial charge is 0.437 e. The Morgan fingerprint density at radius 3 is 2.88 bits per heavy atom. The number of hydrogen-bond acceptors (Lipinski definition) is 7. The Bertz CT molecular complexity index is 843. The summed E-state index contributed by atoms with van der Waals surface area (Å²) in [7, 11) is 1.38. The van der Waals surface area contributed by atoms with Crippen molar-refractivity contribution in [2.45, 2.75) is 12.2 Å². The van der Waals surface area contributed by atoms with Gasteiger partial charge in [0.25, 0.3) is 0 Å². The summed E-state index contributed by atoms with van der Waals surface area (Å²) in [5.41, 5.74) is -1.45. The monoisotopic (exact) mass is 390 g/mol. The fourth-order valence-electron chi connectivity index (χ4n) is 2.91. The average molecular weight is 391 g/mol. The fourth-order valence-corrected chi connectivity index (χ4v) is 3.06. The molecule has 12 heteroatoms. The normalized spacial score (nSPS) is 22.3. The van der Waals surface area contributed by atoms with Gasteiger partial charge >= 0.3 is 6.18 Å². The van der Waals surface area contributed by atoms with E-state index in [-0.39, 0.29) is 41.1 Å². The van der Waals surface area contributed by atoms with E-state index in [0.29, 0.717) is 19.0 Å². The number of fused-ring (bicyclic) bond motifs is 4. The molecule has 26 heavy (non-hydrogen) atoms. The molecule has 4 heterocycles. The minimum Gasteiger partial charge on any atom is -0.476 e. The minimum absolute atomic E-state index is 0.0509. The van der Waals surface area contributed by atoms with Gasteiger partial charge in [0.1, 0.15) is 10.7 Å². The molecule has 0 amide bonds. The number of anilines is 3. The quantitative estimate of drug-likeness (QED) is 0.714. The molecular formula is C14H14ClF3N6O2. The van der Waals surface area contributed by atoms with Crippen LogP contribution in [0.1, 0.15) is 5.69 Å². The molecule has 0 saturated carbocycles. The first-order chi connectivity index (χ1) is 12.3. The molecule has 0 aromatic carbocycles. The van der Waals surface area contributed by atoms with Gasteiger partial charge in [0.15, 0.2) is 11.5 Å². The van der Waals surface area contributed by atoms with Crippen LogP contribution in [0.25, 0.3) is 0 Å². The zero-order chi connectivity index (χ0) is 18.5. The van der Waals surface area contributed by atoms with Gasteiger partial charge in [-0.15, -0.1) is 0 Å². The minimum atomic E-state index is -4.67. The van der Waals surface area contributed by atoms with Crippen molar-refractivity contribution < 1.29 is 22.6 Å². The molecule has 0 unspecified atom stereocenters. The van der Waals surface area contributed by atoms with Gasteiger partial charge in [0.05, 0.1) is 32.1 Å². The molecule has 2 aromatic heterocycles. The Labute approximate surface area is 150 Å². The molecule has 0 spiro atoms. The van der Waals surface area contributed by atoms with Crippen molar-refractivity contribution in [3.63, 3.8) is 0 Å². The molecular weight excluding hydrogens is 377 g/mol. The summed E-state index contributed by atoms with van der Waals surface area (Å²) >= 11 is 6.11. The van der Waals surface area contributed by atoms with Crippen LogP contribution < -0.4 is 15.4 Å². The first kappa shape index (κ1) is 17.2. The number of nitrogens with zero attached hydrogens (tertiary/aromatic N) is 4. The highest BCUT2D eigenvalue weighted by atomic mass is 35.5. The van der Waals surface area contributed by atoms with E-state index < -0.39 is 11.9 Å². The van der Waals surface area contributed by atoms with Crippen LogP contribution in [0.4, 0.5) is 30.6 Å². The lowest BCUT2D eigenvalue weighted by Gasteiger charge is -2.19. The number of aryl methyl sites for hydroxylation is 1. The van der Waals surface area contributed by atoms with Crippen LogP contribution in [0.2, 0.25) is 5.02 Å². The van der Waals surface area contributed by atoms with Gasteiger partial charge in [-0.2, -0.15) is 23.3 Å². The summed E-state index contributed by atoms with van der Waals surface area (Å²) < 4.78 is 52.3. The standard InChI is InChI=1S/C14H14ClF3N6O2/c1-24-12-9(10(23-24)14(16,17)18)21-13-19-2-7(15)11(22-13)20-8-5-25-3-6(8)4-26-12/h2,6,8H,3-5H2,1H3,(H2,19,20,21,22)/t6-,8+/m0/s1. The number of aromatic nitrogens is 4. The van der Waals surface area contributed by atoms with Gasteiger partial charge in [-0.1, -0.05) is 11.6 Å². The maximum Gasteiger partial charge on any atom is 0.437 e. The van der Waals surface area contributed by atoms with E-state index in [2.05, 4.69) is 25.7 Å². The van der Waals surface area contributed by atoms with Crippen molar-refractivity contribution in [2.75, 3.05) is 30.5 Å². The first-order valence-electron chi connectivity index (χ1n) is 7.73. The molecule has 2 atom stereocenters. The topological polar surface area (TPSA) is 86.1 Å². The number of nitrogens with one attached hydrogen (secondary N) is 2. The maximum absolute atomic E-state index is 13.4. The van der Waals surface area contributed by atoms with Crippen molar-refractivity contribution in [3.8, 4) is 5.88 Å². The van der Waals surface area contributed by atoms with E-state index >= 15 is 0 Å². The third-order valence-electron chi connectivity index (χ3n) is 4.20. The van der Waals surface area contributed by atoms with E-state index in [0.717, 1.165) is 4.68 Å². The predicted molar refractivity (Wildman–Crippen MR) is 85.7 cm³/mol. The number of hydrogen-bond donors (Lipinski definition) is 2. The van der Waals surface area contributed by atoms with E-state index in [9.17, 15) is 13.2 Å². The molecule has 2 aliphatic rings. The van der Waals surface area contributed by atoms with Gasteiger partial charge in [-0.25, -0.2) is 9.67 Å². The highest BCUT2D eigenvalue weighted by Gasteiger charge is 2.41. The Hall–Kier alpha value is -2.27. The largest absolute Gasteiger partial charge is 0.476 e. The second kappa shape index (κ2) is 6.16. The van der Waals surface area contributed by atoms with Crippen molar-refractivity contribution >= 4 is 29.1 Å². The molecule has 2 N–H and O–H groups in total. The van der Waals surface area contributed by atoms with Crippen LogP contribution >= 0.6 is 11.6 Å². The Morgan fingerprint density at radius 2 is 2.12 bits per heavy atom. The van der Waals surface area contributed by atoms with E-state index in [1.807, 2.05) is 0 Å². The van der Waals surface area contributed by atoms with Crippen molar-refractivity contribution in [1.29, 1.82) is 0 Å². The molecule has 1 saturated heterocycles. The van der Waals surface area contributed by atoms with Crippen molar-refractivity contribution in [3.05, 3.63) is 16.9 Å². The van der Waals surface area contributed by atoms with Crippen LogP contribution in [0.15, 0.2) is 6.20 Å². The van der Waals surface area contributed by atoms with Gasteiger partial charge in [-0.3, -0.25) is 0 Å². The molecule has 2 aromatic rings. The molecule has 2 bridgehead atoms. The van der Waals surface area contributed by atoms with Gasteiger partial charge in [-0.05, 0) is 0 Å². The molecule has 4 rings (SSSR count). The van der Waals surface area contributed by atoms with Crippen LogP contribution in [-0.2, 0) is 18.0 Å². The summed E-state index contributed by atoms with van der Waals surface area (Å²) in [6.45, 7) is 0.952. The van der Waals surface area contributed by atoms with Gasteiger partial charge in [0.2, 0.25) is 11.8 Å². The molecule has 140 valence electrons. The van der Waals surface area contributed by atoms with E-state index in [1.165, 1.54) is 13.2 Å². The zero-order valence-corrected chi connectivity index (χ0v) is 14.2. The van der Waals surface area contributed by atoms with Crippen molar-refractivity contribution in [2.24, 2.45) is 13.0 Å². The lowest BCUT2D eigenvalue weighted by atomic mass is 10.1. The number of rotatable bonds is 0. The van der Waals surface area contributed by atoms with Crippen molar-refractivity contribution in [1.82, 2.24) is 19.7 Å². The van der Waals surface area contributed by atoms with Crippen LogP contribution in [0.5, 0.6) is 5.88 Å². The third kappa shape index (κ3) is 3.01. The maximum atomic E-state index is 13.4. The molecule has 1 fully saturated rings. The van der Waals surface area contributed by atoms with E-state index in [1.54, 1.807) is 0 Å². The Morgan fingerprint density at radius 1 is 1.31 bits per heavy atom. The first-order valence-corrected chi connectivity index (χ1v) is 8.11. The predicted octanol–water partition coefficient (Wildman–Crippen LogP) is 2.45. The lowest BCUT2D eigenvalue weighted by molar-refractivity contribution is -0.140. The summed E-state index contributed by atoms with van der Waals surface area (Å²) in [5.74, 6) is 0.104. The van der Waals surface area contributed by atoms with E-state index in [4.69, 9.17) is 21.1 Å².